The van der Waals surface area contributed by atoms with E-state index in [4.69, 9.17) is 27.6 Å². The molecule has 0 N–H and O–H groups in total. The van der Waals surface area contributed by atoms with Gasteiger partial charge in [-0.1, -0.05) is 52.0 Å². The molecular weight excluding hydrogens is 634 g/mol. The van der Waals surface area contributed by atoms with E-state index in [1.807, 2.05) is 64.1 Å². The van der Waals surface area contributed by atoms with Crippen LogP contribution in [0.1, 0.15) is 102 Å². The Hall–Kier alpha value is -2.44. The lowest BCUT2D eigenvalue weighted by atomic mass is 9.72. The maximum absolute atomic E-state index is 14.4. The second-order valence-electron chi connectivity index (χ2n) is 14.0. The molecule has 0 saturated heterocycles. The fraction of sp³-hybridized carbons (Fsp3) is 0.514. The summed E-state index contributed by atoms with van der Waals surface area (Å²) in [5, 5.41) is 0.912. The van der Waals surface area contributed by atoms with E-state index in [1.165, 1.54) is 0 Å². The van der Waals surface area contributed by atoms with Gasteiger partial charge in [-0.2, -0.15) is 0 Å². The molecule has 2 aliphatic carbocycles. The molecule has 0 radical (unpaired) electrons. The van der Waals surface area contributed by atoms with E-state index in [9.17, 15) is 9.13 Å². The van der Waals surface area contributed by atoms with Gasteiger partial charge in [0.15, 0.2) is 0 Å². The molecule has 0 aromatic heterocycles. The van der Waals surface area contributed by atoms with Gasteiger partial charge in [0.2, 0.25) is 0 Å². The third-order valence-corrected chi connectivity index (χ3v) is 14.0. The minimum Gasteiger partial charge on any atom is -0.488 e. The molecule has 6 bridgehead atoms. The Morgan fingerprint density at radius 3 is 1.23 bits per heavy atom. The Morgan fingerprint density at radius 1 is 0.574 bits per heavy atom. The molecule has 2 aliphatic heterocycles. The van der Waals surface area contributed by atoms with Crippen molar-refractivity contribution in [3.8, 4) is 11.5 Å². The Bertz CT molecular complexity index is 1610. The van der Waals surface area contributed by atoms with Crippen molar-refractivity contribution < 1.29 is 36.7 Å². The zero-order chi connectivity index (χ0) is 33.8. The summed E-state index contributed by atoms with van der Waals surface area (Å²) in [4.78, 5) is 0. The van der Waals surface area contributed by atoms with Crippen LogP contribution in [0.5, 0.6) is 11.5 Å². The molecule has 2 heterocycles. The number of hydrogen-bond acceptors (Lipinski definition) is 8. The van der Waals surface area contributed by atoms with Crippen LogP contribution in [0.4, 0.5) is 0 Å². The molecule has 7 rings (SSSR count). The lowest BCUT2D eigenvalue weighted by Crippen LogP contribution is -2.27. The van der Waals surface area contributed by atoms with Gasteiger partial charge in [0, 0.05) is 5.41 Å². The van der Waals surface area contributed by atoms with Crippen LogP contribution in [-0.4, -0.2) is 26.4 Å². The first-order chi connectivity index (χ1) is 22.3. The maximum atomic E-state index is 14.4. The van der Waals surface area contributed by atoms with Crippen LogP contribution in [-0.2, 0) is 56.7 Å². The largest absolute Gasteiger partial charge is 0.488 e. The molecule has 3 aromatic carbocycles. The minimum atomic E-state index is -3.70. The first kappa shape index (κ1) is 34.4. The Morgan fingerprint density at radius 2 is 0.915 bits per heavy atom. The third kappa shape index (κ3) is 5.83. The molecule has 0 atom stereocenters. The van der Waals surface area contributed by atoms with Crippen LogP contribution in [0, 0.1) is 0 Å². The van der Waals surface area contributed by atoms with Gasteiger partial charge in [-0.15, -0.1) is 0 Å². The second kappa shape index (κ2) is 12.5. The third-order valence-electron chi connectivity index (χ3n) is 9.77. The molecule has 8 nitrogen and oxygen atoms in total. The summed E-state index contributed by atoms with van der Waals surface area (Å²) in [5.74, 6) is 1.00. The number of rotatable bonds is 10. The summed E-state index contributed by atoms with van der Waals surface area (Å²) in [6, 6.07) is 16.2. The molecule has 1 spiro atoms. The number of fused-ring (bicyclic) bond motifs is 4. The molecule has 47 heavy (non-hydrogen) atoms. The Kier molecular flexibility index (Phi) is 9.13. The fourth-order valence-corrected chi connectivity index (χ4v) is 11.5. The molecule has 0 unspecified atom stereocenters. The van der Waals surface area contributed by atoms with Crippen LogP contribution in [0.15, 0.2) is 48.5 Å². The lowest BCUT2D eigenvalue weighted by Gasteiger charge is -2.31. The van der Waals surface area contributed by atoms with Crippen molar-refractivity contribution >= 4 is 25.8 Å². The van der Waals surface area contributed by atoms with E-state index in [1.54, 1.807) is 0 Å². The van der Waals surface area contributed by atoms with Crippen molar-refractivity contribution in [1.82, 2.24) is 0 Å². The number of benzene rings is 3. The summed E-state index contributed by atoms with van der Waals surface area (Å²) < 4.78 is 65.5. The predicted molar refractivity (Wildman–Crippen MR) is 185 cm³/mol. The van der Waals surface area contributed by atoms with Crippen LogP contribution >= 0.6 is 15.2 Å². The zero-order valence-electron chi connectivity index (χ0n) is 28.9. The fourth-order valence-electron chi connectivity index (χ4n) is 8.08. The van der Waals surface area contributed by atoms with Crippen LogP contribution in [0.2, 0.25) is 0 Å². The normalized spacial score (nSPS) is 18.7. The second-order valence-corrected chi connectivity index (χ2v) is 18.0. The van der Waals surface area contributed by atoms with E-state index < -0.39 is 20.6 Å². The number of ether oxygens (including phenoxy) is 2. The molecule has 0 amide bonds. The number of hydrogen-bond donors (Lipinski definition) is 0. The monoisotopic (exact) mass is 682 g/mol. The molecule has 0 fully saturated rings. The average Bonchev–Trinajstić information content (AvgIpc) is 3.37. The van der Waals surface area contributed by atoms with Crippen molar-refractivity contribution in [3.63, 3.8) is 0 Å². The van der Waals surface area contributed by atoms with E-state index in [0.717, 1.165) is 46.2 Å². The van der Waals surface area contributed by atoms with E-state index in [0.29, 0.717) is 22.1 Å². The molecule has 10 heteroatoms. The first-order valence-electron chi connectivity index (χ1n) is 16.8. The van der Waals surface area contributed by atoms with Gasteiger partial charge in [-0.05, 0) is 109 Å². The van der Waals surface area contributed by atoms with Gasteiger partial charge in [0.25, 0.3) is 0 Å². The standard InChI is InChI=1S/C37H48O8P2/c1-9-42-46(38,43-10-2)33-19-27-29-17-31(33)40-21-25-13-15-26(16-14-25)22-41-32-18-30-28(20-34(32)47(39,44-11-3)45-12-4)36(7,8)24-37(29,30)23-35(27,5)6/h13-20H,9-12,21-24H2,1-8H3. The highest BCUT2D eigenvalue weighted by Crippen LogP contribution is 2.65. The van der Waals surface area contributed by atoms with Gasteiger partial charge in [0.05, 0.1) is 26.4 Å². The van der Waals surface area contributed by atoms with Gasteiger partial charge < -0.3 is 27.6 Å². The molecule has 254 valence electrons. The van der Waals surface area contributed by atoms with Gasteiger partial charge in [0.1, 0.15) is 35.3 Å². The van der Waals surface area contributed by atoms with Crippen LogP contribution in [0.25, 0.3) is 0 Å². The average molecular weight is 683 g/mol. The molecule has 0 saturated carbocycles. The summed E-state index contributed by atoms with van der Waals surface area (Å²) >= 11 is 0. The first-order valence-corrected chi connectivity index (χ1v) is 19.8. The highest BCUT2D eigenvalue weighted by Gasteiger charge is 2.58. The summed E-state index contributed by atoms with van der Waals surface area (Å²) in [6.45, 7) is 17.8. The van der Waals surface area contributed by atoms with E-state index in [2.05, 4.69) is 39.8 Å². The van der Waals surface area contributed by atoms with Crippen molar-refractivity contribution in [2.24, 2.45) is 0 Å². The van der Waals surface area contributed by atoms with Gasteiger partial charge in [-0.25, -0.2) is 0 Å². The highest BCUT2D eigenvalue weighted by atomic mass is 31.2. The van der Waals surface area contributed by atoms with E-state index in [-0.39, 0.29) is 50.5 Å². The van der Waals surface area contributed by atoms with Gasteiger partial charge in [-0.3, -0.25) is 9.13 Å². The van der Waals surface area contributed by atoms with Crippen LogP contribution < -0.4 is 20.1 Å². The quantitative estimate of drug-likeness (QED) is 0.197. The minimum absolute atomic E-state index is 0.239. The zero-order valence-corrected chi connectivity index (χ0v) is 30.7. The topological polar surface area (TPSA) is 89.5 Å². The molecular formula is C37H48O8P2. The molecule has 3 aromatic rings. The van der Waals surface area contributed by atoms with Crippen molar-refractivity contribution in [1.29, 1.82) is 0 Å². The summed E-state index contributed by atoms with van der Waals surface area (Å²) in [5.41, 5.74) is 5.39. The molecule has 4 aliphatic rings. The van der Waals surface area contributed by atoms with Gasteiger partial charge >= 0.3 is 15.2 Å². The Balaban J connectivity index is 1.67. The van der Waals surface area contributed by atoms with Crippen molar-refractivity contribution in [3.05, 3.63) is 81.9 Å². The summed E-state index contributed by atoms with van der Waals surface area (Å²) in [7, 11) is -7.40. The van der Waals surface area contributed by atoms with Crippen molar-refractivity contribution in [2.45, 2.75) is 97.7 Å². The van der Waals surface area contributed by atoms with Crippen LogP contribution in [0.3, 0.4) is 0 Å². The SMILES string of the molecule is CCOP(=O)(OCC)c1cc2c3cc1OCc1ccc(cc1)COc1cc4c(cc1P(=O)(OCC)OCC)C(C)(C)CC34CC2(C)C. The highest BCUT2D eigenvalue weighted by molar-refractivity contribution is 7.62. The lowest BCUT2D eigenvalue weighted by molar-refractivity contribution is 0.227. The summed E-state index contributed by atoms with van der Waals surface area (Å²) in [6.07, 6.45) is 1.63. The maximum Gasteiger partial charge on any atom is 0.365 e. The predicted octanol–water partition coefficient (Wildman–Crippen LogP) is 8.59. The smallest absolute Gasteiger partial charge is 0.365 e. The van der Waals surface area contributed by atoms with Crippen molar-refractivity contribution in [2.75, 3.05) is 26.4 Å². The Labute approximate surface area is 279 Å². The van der Waals surface area contributed by atoms with E-state index >= 15 is 0 Å².